The summed E-state index contributed by atoms with van der Waals surface area (Å²) in [6.07, 6.45) is 9.07. The molecule has 4 saturated carbocycles. The molecule has 32 heavy (non-hydrogen) atoms. The van der Waals surface area contributed by atoms with E-state index in [9.17, 15) is 19.7 Å². The standard InChI is InChI=1S/C23H23ClN4O4/c24-18-2-1-16(8-19(18)28(31)32)21(29)26-27-22(30)17-3-4-25-20(9-17)23-10-13-5-14(11-23)7-15(6-13)12-23/h1-4,8-9,13-15H,5-7,10-12H2,(H,26,29)(H,27,30). The van der Waals surface area contributed by atoms with E-state index in [1.165, 1.54) is 31.4 Å². The summed E-state index contributed by atoms with van der Waals surface area (Å²) in [5.74, 6) is 1.17. The fourth-order valence-electron chi connectivity index (χ4n) is 6.34. The lowest BCUT2D eigenvalue weighted by molar-refractivity contribution is -0.384. The fraction of sp³-hybridized carbons (Fsp3) is 0.435. The molecule has 2 amide bonds. The Morgan fingerprint density at radius 1 is 0.969 bits per heavy atom. The summed E-state index contributed by atoms with van der Waals surface area (Å²) in [4.78, 5) is 40.1. The first-order valence-corrected chi connectivity index (χ1v) is 11.2. The summed E-state index contributed by atoms with van der Waals surface area (Å²) >= 11 is 5.78. The molecule has 0 unspecified atom stereocenters. The summed E-state index contributed by atoms with van der Waals surface area (Å²) in [6.45, 7) is 0. The predicted molar refractivity (Wildman–Crippen MR) is 117 cm³/mol. The van der Waals surface area contributed by atoms with E-state index >= 15 is 0 Å². The first-order valence-electron chi connectivity index (χ1n) is 10.8. The monoisotopic (exact) mass is 454 g/mol. The molecule has 2 N–H and O–H groups in total. The van der Waals surface area contributed by atoms with Gasteiger partial charge in [-0.05, 0) is 80.5 Å². The van der Waals surface area contributed by atoms with Crippen LogP contribution in [0.2, 0.25) is 5.02 Å². The Balaban J connectivity index is 1.28. The Hall–Kier alpha value is -3.00. The average Bonchev–Trinajstić information content (AvgIpc) is 2.76. The van der Waals surface area contributed by atoms with Crippen LogP contribution in [0.25, 0.3) is 0 Å². The largest absolute Gasteiger partial charge is 0.288 e. The van der Waals surface area contributed by atoms with Crippen LogP contribution in [-0.2, 0) is 5.41 Å². The Labute approximate surface area is 189 Å². The van der Waals surface area contributed by atoms with Crippen LogP contribution in [0.1, 0.15) is 64.9 Å². The van der Waals surface area contributed by atoms with Crippen LogP contribution >= 0.6 is 11.6 Å². The zero-order chi connectivity index (χ0) is 22.5. The van der Waals surface area contributed by atoms with Crippen molar-refractivity contribution in [2.75, 3.05) is 0 Å². The number of nitro groups is 1. The normalized spacial score (nSPS) is 27.7. The summed E-state index contributed by atoms with van der Waals surface area (Å²) in [5.41, 5.74) is 5.82. The average molecular weight is 455 g/mol. The highest BCUT2D eigenvalue weighted by Gasteiger charge is 2.52. The molecule has 9 heteroatoms. The van der Waals surface area contributed by atoms with Gasteiger partial charge in [-0.3, -0.25) is 35.5 Å². The lowest BCUT2D eigenvalue weighted by Crippen LogP contribution is -2.49. The molecule has 4 bridgehead atoms. The highest BCUT2D eigenvalue weighted by molar-refractivity contribution is 6.32. The lowest BCUT2D eigenvalue weighted by atomic mass is 9.48. The molecule has 166 valence electrons. The van der Waals surface area contributed by atoms with Crippen LogP contribution in [0.5, 0.6) is 0 Å². The number of amides is 2. The Bertz CT molecular complexity index is 1080. The number of benzene rings is 1. The number of carbonyl (C=O) groups excluding carboxylic acids is 2. The van der Waals surface area contributed by atoms with Crippen LogP contribution < -0.4 is 10.9 Å². The molecule has 4 aliphatic rings. The second kappa shape index (κ2) is 7.85. The van der Waals surface area contributed by atoms with Gasteiger partial charge in [0.1, 0.15) is 5.02 Å². The van der Waals surface area contributed by atoms with E-state index < -0.39 is 16.7 Å². The molecule has 0 spiro atoms. The van der Waals surface area contributed by atoms with Crippen molar-refractivity contribution in [3.05, 3.63) is 68.5 Å². The molecule has 1 aromatic heterocycles. The lowest BCUT2D eigenvalue weighted by Gasteiger charge is -2.56. The van der Waals surface area contributed by atoms with Gasteiger partial charge in [-0.2, -0.15) is 0 Å². The van der Waals surface area contributed by atoms with Gasteiger partial charge in [-0.1, -0.05) is 11.6 Å². The Morgan fingerprint density at radius 2 is 1.53 bits per heavy atom. The summed E-state index contributed by atoms with van der Waals surface area (Å²) in [5, 5.41) is 11.0. The van der Waals surface area contributed by atoms with E-state index in [4.69, 9.17) is 11.6 Å². The Kier molecular flexibility index (Phi) is 5.12. The summed E-state index contributed by atoms with van der Waals surface area (Å²) in [7, 11) is 0. The molecule has 4 fully saturated rings. The van der Waals surface area contributed by atoms with Gasteiger partial charge in [0.15, 0.2) is 0 Å². The van der Waals surface area contributed by atoms with Crippen molar-refractivity contribution >= 4 is 29.1 Å². The maximum atomic E-state index is 12.7. The quantitative estimate of drug-likeness (QED) is 0.531. The predicted octanol–water partition coefficient (Wildman–Crippen LogP) is 4.19. The first kappa shape index (κ1) is 20.9. The maximum Gasteiger partial charge on any atom is 0.288 e. The van der Waals surface area contributed by atoms with Crippen LogP contribution in [-0.4, -0.2) is 21.7 Å². The van der Waals surface area contributed by atoms with E-state index in [1.54, 1.807) is 12.3 Å². The smallest absolute Gasteiger partial charge is 0.267 e. The number of hydrogen-bond acceptors (Lipinski definition) is 5. The van der Waals surface area contributed by atoms with Crippen molar-refractivity contribution in [3.8, 4) is 0 Å². The van der Waals surface area contributed by atoms with Gasteiger partial charge >= 0.3 is 0 Å². The molecule has 4 aliphatic carbocycles. The van der Waals surface area contributed by atoms with E-state index in [0.29, 0.717) is 5.56 Å². The molecule has 0 atom stereocenters. The Morgan fingerprint density at radius 3 is 2.09 bits per heavy atom. The number of hydrazine groups is 1. The number of carbonyl (C=O) groups is 2. The molecule has 1 heterocycles. The van der Waals surface area contributed by atoms with Gasteiger partial charge in [0.05, 0.1) is 4.92 Å². The molecule has 0 aliphatic heterocycles. The minimum absolute atomic E-state index is 0.0189. The number of nitrogens with zero attached hydrogens (tertiary/aromatic N) is 2. The van der Waals surface area contributed by atoms with Gasteiger partial charge in [0.2, 0.25) is 0 Å². The first-order chi connectivity index (χ1) is 15.3. The van der Waals surface area contributed by atoms with Crippen molar-refractivity contribution in [2.24, 2.45) is 17.8 Å². The van der Waals surface area contributed by atoms with Gasteiger partial charge in [-0.25, -0.2) is 0 Å². The molecule has 0 radical (unpaired) electrons. The molecule has 2 aromatic rings. The van der Waals surface area contributed by atoms with E-state index in [1.807, 2.05) is 6.07 Å². The number of halogens is 1. The van der Waals surface area contributed by atoms with E-state index in [2.05, 4.69) is 15.8 Å². The molecular formula is C23H23ClN4O4. The highest BCUT2D eigenvalue weighted by Crippen LogP contribution is 2.60. The van der Waals surface area contributed by atoms with Crippen molar-refractivity contribution in [2.45, 2.75) is 43.9 Å². The van der Waals surface area contributed by atoms with Gasteiger partial charge in [0, 0.05) is 34.5 Å². The third kappa shape index (κ3) is 3.72. The molecule has 0 saturated heterocycles. The fourth-order valence-corrected chi connectivity index (χ4v) is 6.52. The number of aromatic nitrogens is 1. The van der Waals surface area contributed by atoms with Crippen LogP contribution in [0.15, 0.2) is 36.5 Å². The van der Waals surface area contributed by atoms with Crippen molar-refractivity contribution in [3.63, 3.8) is 0 Å². The number of rotatable bonds is 4. The number of nitrogens with one attached hydrogen (secondary N) is 2. The van der Waals surface area contributed by atoms with Gasteiger partial charge < -0.3 is 0 Å². The second-order valence-electron chi connectivity index (χ2n) is 9.46. The summed E-state index contributed by atoms with van der Waals surface area (Å²) < 4.78 is 0. The van der Waals surface area contributed by atoms with Crippen molar-refractivity contribution < 1.29 is 14.5 Å². The molecule has 1 aromatic carbocycles. The van der Waals surface area contributed by atoms with Gasteiger partial charge in [-0.15, -0.1) is 0 Å². The van der Waals surface area contributed by atoms with Crippen LogP contribution in [0, 0.1) is 27.9 Å². The number of hydrogen-bond donors (Lipinski definition) is 2. The number of pyridine rings is 1. The highest BCUT2D eigenvalue weighted by atomic mass is 35.5. The van der Waals surface area contributed by atoms with Crippen molar-refractivity contribution in [1.29, 1.82) is 0 Å². The van der Waals surface area contributed by atoms with E-state index in [0.717, 1.165) is 48.8 Å². The number of nitro benzene ring substituents is 1. The minimum atomic E-state index is -0.673. The SMILES string of the molecule is O=C(NNC(=O)c1ccc(Cl)c([N+](=O)[O-])c1)c1ccnc(C23CC4CC(CC(C4)C2)C3)c1. The zero-order valence-electron chi connectivity index (χ0n) is 17.3. The van der Waals surface area contributed by atoms with Crippen LogP contribution in [0.4, 0.5) is 5.69 Å². The van der Waals surface area contributed by atoms with Gasteiger partial charge in [0.25, 0.3) is 17.5 Å². The van der Waals surface area contributed by atoms with E-state index in [-0.39, 0.29) is 21.7 Å². The molecule has 6 rings (SSSR count). The maximum absolute atomic E-state index is 12.7. The van der Waals surface area contributed by atoms with Crippen LogP contribution in [0.3, 0.4) is 0 Å². The minimum Gasteiger partial charge on any atom is -0.267 e. The summed E-state index contributed by atoms with van der Waals surface area (Å²) in [6, 6.07) is 7.17. The zero-order valence-corrected chi connectivity index (χ0v) is 18.1. The van der Waals surface area contributed by atoms with Crippen molar-refractivity contribution in [1.82, 2.24) is 15.8 Å². The molecular weight excluding hydrogens is 432 g/mol. The second-order valence-corrected chi connectivity index (χ2v) is 9.87. The molecule has 8 nitrogen and oxygen atoms in total. The third-order valence-electron chi connectivity index (χ3n) is 7.30. The topological polar surface area (TPSA) is 114 Å². The third-order valence-corrected chi connectivity index (χ3v) is 7.62.